The zero-order chi connectivity index (χ0) is 23.0. The Morgan fingerprint density at radius 3 is 2.50 bits per heavy atom. The van der Waals surface area contributed by atoms with Crippen molar-refractivity contribution in [3.05, 3.63) is 65.0 Å². The highest BCUT2D eigenvalue weighted by Crippen LogP contribution is 2.31. The van der Waals surface area contributed by atoms with Crippen molar-refractivity contribution in [1.82, 2.24) is 29.5 Å². The normalized spacial score (nSPS) is 11.0. The van der Waals surface area contributed by atoms with Crippen LogP contribution in [0.2, 0.25) is 0 Å². The second-order valence-corrected chi connectivity index (χ2v) is 7.31. The molecule has 0 saturated carbocycles. The third-order valence-electron chi connectivity index (χ3n) is 5.24. The van der Waals surface area contributed by atoms with Crippen LogP contribution in [0.3, 0.4) is 0 Å². The van der Waals surface area contributed by atoms with Gasteiger partial charge in [-0.25, -0.2) is 23.8 Å². The minimum absolute atomic E-state index is 0.155. The van der Waals surface area contributed by atoms with E-state index in [4.69, 9.17) is 0 Å². The Bertz CT molecular complexity index is 1310. The number of aromatic carboxylic acids is 1. The SMILES string of the molecule is CCc1c(-c2ccc(F)cc2)nn(C)c1Nc1cc(-n2nc(C)c(C(=O)O)c2C)ncn1. The predicted molar refractivity (Wildman–Crippen MR) is 117 cm³/mol. The summed E-state index contributed by atoms with van der Waals surface area (Å²) in [5.74, 6) is 0.354. The lowest BCUT2D eigenvalue weighted by atomic mass is 10.1. The summed E-state index contributed by atoms with van der Waals surface area (Å²) < 4.78 is 16.5. The molecule has 0 aliphatic heterocycles. The van der Waals surface area contributed by atoms with Crippen LogP contribution < -0.4 is 5.32 Å². The number of rotatable bonds is 6. The molecule has 0 fully saturated rings. The second-order valence-electron chi connectivity index (χ2n) is 7.31. The first kappa shape index (κ1) is 21.2. The average molecular weight is 435 g/mol. The molecule has 32 heavy (non-hydrogen) atoms. The monoisotopic (exact) mass is 435 g/mol. The van der Waals surface area contributed by atoms with Crippen LogP contribution >= 0.6 is 0 Å². The molecular formula is C22H22FN7O2. The number of aromatic nitrogens is 6. The number of aryl methyl sites for hydroxylation is 2. The number of halogens is 1. The minimum atomic E-state index is -1.03. The highest BCUT2D eigenvalue weighted by Gasteiger charge is 2.20. The summed E-state index contributed by atoms with van der Waals surface area (Å²) in [5.41, 5.74) is 3.58. The van der Waals surface area contributed by atoms with Crippen LogP contribution in [-0.2, 0) is 13.5 Å². The highest BCUT2D eigenvalue weighted by atomic mass is 19.1. The minimum Gasteiger partial charge on any atom is -0.478 e. The standard InChI is InChI=1S/C22H22FN7O2/c1-5-16-20(14-6-8-15(23)9-7-14)28-29(4)21(16)26-17-10-18(25-11-24-17)30-13(3)19(22(31)32)12(2)27-30/h6-11H,5H2,1-4H3,(H,31,32)(H,24,25,26). The maximum Gasteiger partial charge on any atom is 0.339 e. The molecule has 4 aromatic rings. The molecule has 0 unspecified atom stereocenters. The van der Waals surface area contributed by atoms with Gasteiger partial charge in [0.05, 0.1) is 17.1 Å². The van der Waals surface area contributed by atoms with Gasteiger partial charge in [-0.1, -0.05) is 6.92 Å². The number of nitrogens with one attached hydrogen (secondary N) is 1. The van der Waals surface area contributed by atoms with Gasteiger partial charge in [-0.3, -0.25) is 4.68 Å². The molecule has 9 nitrogen and oxygen atoms in total. The van der Waals surface area contributed by atoms with Crippen LogP contribution in [0, 0.1) is 19.7 Å². The Morgan fingerprint density at radius 2 is 1.88 bits per heavy atom. The molecule has 10 heteroatoms. The van der Waals surface area contributed by atoms with E-state index in [0.717, 1.165) is 22.6 Å². The molecule has 1 aromatic carbocycles. The highest BCUT2D eigenvalue weighted by molar-refractivity contribution is 5.90. The molecule has 164 valence electrons. The Labute approximate surface area is 183 Å². The Hall–Kier alpha value is -4.08. The molecule has 3 aromatic heterocycles. The molecule has 3 heterocycles. The molecule has 0 radical (unpaired) electrons. The Morgan fingerprint density at radius 1 is 1.16 bits per heavy atom. The van der Waals surface area contributed by atoms with Crippen LogP contribution in [0.4, 0.5) is 16.0 Å². The van der Waals surface area contributed by atoms with Gasteiger partial charge in [0.1, 0.15) is 29.3 Å². The maximum atomic E-state index is 13.3. The first-order valence-corrected chi connectivity index (χ1v) is 10.0. The topological polar surface area (TPSA) is 111 Å². The Balaban J connectivity index is 1.71. The summed E-state index contributed by atoms with van der Waals surface area (Å²) in [6.45, 7) is 5.35. The van der Waals surface area contributed by atoms with Crippen molar-refractivity contribution in [3.8, 4) is 17.1 Å². The Kier molecular flexibility index (Phi) is 5.43. The molecule has 0 spiro atoms. The fourth-order valence-corrected chi connectivity index (χ4v) is 3.73. The van der Waals surface area contributed by atoms with E-state index in [9.17, 15) is 14.3 Å². The van der Waals surface area contributed by atoms with Crippen molar-refractivity contribution in [2.45, 2.75) is 27.2 Å². The van der Waals surface area contributed by atoms with Crippen molar-refractivity contribution in [2.75, 3.05) is 5.32 Å². The number of nitrogens with zero attached hydrogens (tertiary/aromatic N) is 6. The number of carbonyl (C=O) groups is 1. The van der Waals surface area contributed by atoms with Crippen LogP contribution in [0.1, 0.15) is 34.2 Å². The van der Waals surface area contributed by atoms with Crippen molar-refractivity contribution < 1.29 is 14.3 Å². The van der Waals surface area contributed by atoms with Crippen LogP contribution in [0.5, 0.6) is 0 Å². The van der Waals surface area contributed by atoms with E-state index in [1.807, 2.05) is 14.0 Å². The summed E-state index contributed by atoms with van der Waals surface area (Å²) in [6, 6.07) is 7.91. The fourth-order valence-electron chi connectivity index (χ4n) is 3.73. The summed E-state index contributed by atoms with van der Waals surface area (Å²) >= 11 is 0. The van der Waals surface area contributed by atoms with Crippen molar-refractivity contribution >= 4 is 17.6 Å². The zero-order valence-electron chi connectivity index (χ0n) is 18.1. The summed E-state index contributed by atoms with van der Waals surface area (Å²) in [7, 11) is 1.82. The van der Waals surface area contributed by atoms with Gasteiger partial charge in [0.25, 0.3) is 0 Å². The smallest absolute Gasteiger partial charge is 0.339 e. The van der Waals surface area contributed by atoms with E-state index in [1.165, 1.54) is 23.1 Å². The maximum absolute atomic E-state index is 13.3. The lowest BCUT2D eigenvalue weighted by Gasteiger charge is -2.10. The lowest BCUT2D eigenvalue weighted by Crippen LogP contribution is -2.07. The third kappa shape index (κ3) is 3.70. The second kappa shape index (κ2) is 8.22. The van der Waals surface area contributed by atoms with E-state index in [-0.39, 0.29) is 11.4 Å². The summed E-state index contributed by atoms with van der Waals surface area (Å²) in [6.07, 6.45) is 2.08. The lowest BCUT2D eigenvalue weighted by molar-refractivity contribution is 0.0695. The summed E-state index contributed by atoms with van der Waals surface area (Å²) in [5, 5.41) is 21.6. The van der Waals surface area contributed by atoms with Gasteiger partial charge < -0.3 is 10.4 Å². The first-order valence-electron chi connectivity index (χ1n) is 10.0. The van der Waals surface area contributed by atoms with Gasteiger partial charge in [0.2, 0.25) is 0 Å². The van der Waals surface area contributed by atoms with E-state index < -0.39 is 5.97 Å². The van der Waals surface area contributed by atoms with Crippen molar-refractivity contribution in [1.29, 1.82) is 0 Å². The molecule has 0 amide bonds. The third-order valence-corrected chi connectivity index (χ3v) is 5.24. The van der Waals surface area contributed by atoms with Crippen LogP contribution in [0.15, 0.2) is 36.7 Å². The van der Waals surface area contributed by atoms with Crippen LogP contribution in [-0.4, -0.2) is 40.6 Å². The molecule has 0 saturated heterocycles. The zero-order valence-corrected chi connectivity index (χ0v) is 18.1. The molecule has 2 N–H and O–H groups in total. The average Bonchev–Trinajstić information content (AvgIpc) is 3.24. The van der Waals surface area contributed by atoms with Crippen LogP contribution in [0.25, 0.3) is 17.1 Å². The molecular weight excluding hydrogens is 413 g/mol. The van der Waals surface area contributed by atoms with Crippen molar-refractivity contribution in [2.24, 2.45) is 7.05 Å². The van der Waals surface area contributed by atoms with Crippen molar-refractivity contribution in [3.63, 3.8) is 0 Å². The number of carboxylic acids is 1. The number of benzene rings is 1. The summed E-state index contributed by atoms with van der Waals surface area (Å²) in [4.78, 5) is 20.1. The van der Waals surface area contributed by atoms with E-state index in [1.54, 1.807) is 36.7 Å². The van der Waals surface area contributed by atoms with Gasteiger partial charge in [0.15, 0.2) is 5.82 Å². The molecule has 0 bridgehead atoms. The van der Waals surface area contributed by atoms with Gasteiger partial charge in [-0.05, 0) is 44.5 Å². The van der Waals surface area contributed by atoms with Gasteiger partial charge >= 0.3 is 5.97 Å². The fraction of sp³-hybridized carbons (Fsp3) is 0.227. The van der Waals surface area contributed by atoms with Gasteiger partial charge in [-0.15, -0.1) is 0 Å². The largest absolute Gasteiger partial charge is 0.478 e. The van der Waals surface area contributed by atoms with Gasteiger partial charge in [0, 0.05) is 24.2 Å². The number of hydrogen-bond donors (Lipinski definition) is 2. The number of carboxylic acid groups (broad SMARTS) is 1. The van der Waals surface area contributed by atoms with Gasteiger partial charge in [-0.2, -0.15) is 10.2 Å². The molecule has 4 rings (SSSR count). The first-order chi connectivity index (χ1) is 15.3. The number of anilines is 2. The quantitative estimate of drug-likeness (QED) is 0.474. The molecule has 0 atom stereocenters. The number of hydrogen-bond acceptors (Lipinski definition) is 6. The predicted octanol–water partition coefficient (Wildman–Crippen LogP) is 3.82. The molecule has 0 aliphatic rings. The van der Waals surface area contributed by atoms with E-state index in [2.05, 4.69) is 25.5 Å². The van der Waals surface area contributed by atoms with E-state index in [0.29, 0.717) is 29.4 Å². The molecule has 0 aliphatic carbocycles. The van der Waals surface area contributed by atoms with E-state index >= 15 is 0 Å².